The third-order valence-corrected chi connectivity index (χ3v) is 2.95. The summed E-state index contributed by atoms with van der Waals surface area (Å²) in [6.07, 6.45) is 10.1. The molecule has 1 N–H and O–H groups in total. The smallest absolute Gasteiger partial charge is 0.0835 e. The van der Waals surface area contributed by atoms with E-state index in [4.69, 9.17) is 16.3 Å². The highest BCUT2D eigenvalue weighted by Gasteiger charge is 2.10. The van der Waals surface area contributed by atoms with Crippen LogP contribution in [0, 0.1) is 0 Å². The van der Waals surface area contributed by atoms with E-state index in [1.54, 1.807) is 0 Å². The molecule has 1 atom stereocenters. The van der Waals surface area contributed by atoms with Crippen molar-refractivity contribution in [3.63, 3.8) is 0 Å². The molecule has 1 saturated heterocycles. The molecule has 82 valence electrons. The summed E-state index contributed by atoms with van der Waals surface area (Å²) in [6.45, 7) is 2.67. The van der Waals surface area contributed by atoms with Crippen LogP contribution in [0.4, 0.5) is 0 Å². The molecule has 0 aromatic carbocycles. The fourth-order valence-corrected chi connectivity index (χ4v) is 1.93. The minimum atomic E-state index is 0.241. The van der Waals surface area contributed by atoms with Gasteiger partial charge in [0.1, 0.15) is 0 Å². The third kappa shape index (κ3) is 3.20. The van der Waals surface area contributed by atoms with Gasteiger partial charge in [0.15, 0.2) is 0 Å². The molecule has 2 aliphatic carbocycles. The van der Waals surface area contributed by atoms with Crippen LogP contribution in [0.5, 0.6) is 0 Å². The van der Waals surface area contributed by atoms with Gasteiger partial charge in [-0.3, -0.25) is 0 Å². The summed E-state index contributed by atoms with van der Waals surface area (Å²) in [4.78, 5) is 0. The van der Waals surface area contributed by atoms with E-state index >= 15 is 0 Å². The lowest BCUT2D eigenvalue weighted by Gasteiger charge is -2.20. The molecule has 1 heterocycles. The highest BCUT2D eigenvalue weighted by molar-refractivity contribution is 6.18. The molecule has 0 amide bonds. The first kappa shape index (κ1) is 10.9. The first-order valence-corrected chi connectivity index (χ1v) is 5.88. The van der Waals surface area contributed by atoms with Crippen LogP contribution < -0.4 is 5.32 Å². The minimum Gasteiger partial charge on any atom is -0.374 e. The molecule has 2 bridgehead atoms. The zero-order chi connectivity index (χ0) is 10.5. The van der Waals surface area contributed by atoms with Crippen molar-refractivity contribution in [2.75, 3.05) is 25.6 Å². The largest absolute Gasteiger partial charge is 0.374 e. The van der Waals surface area contributed by atoms with Gasteiger partial charge in [-0.05, 0) is 17.6 Å². The summed E-state index contributed by atoms with van der Waals surface area (Å²) in [6, 6.07) is 0. The molecule has 1 fully saturated rings. The predicted octanol–water partition coefficient (Wildman–Crippen LogP) is 2.03. The van der Waals surface area contributed by atoms with Gasteiger partial charge in [-0.2, -0.15) is 0 Å². The lowest BCUT2D eigenvalue weighted by atomic mass is 10.3. The Bertz CT molecular complexity index is 281. The molecule has 15 heavy (non-hydrogen) atoms. The van der Waals surface area contributed by atoms with Gasteiger partial charge in [0.2, 0.25) is 0 Å². The van der Waals surface area contributed by atoms with Crippen molar-refractivity contribution in [2.24, 2.45) is 0 Å². The number of alkyl halides is 1. The van der Waals surface area contributed by atoms with Crippen LogP contribution in [-0.4, -0.2) is 31.7 Å². The molecule has 0 aromatic rings. The summed E-state index contributed by atoms with van der Waals surface area (Å²) >= 11 is 5.52. The molecule has 0 spiro atoms. The second kappa shape index (κ2) is 5.50. The second-order valence-electron chi connectivity index (χ2n) is 3.84. The van der Waals surface area contributed by atoms with Crippen LogP contribution in [0.1, 0.15) is 6.42 Å². The number of fused-ring (bicyclic) bond motifs is 2. The Morgan fingerprint density at radius 3 is 2.33 bits per heavy atom. The van der Waals surface area contributed by atoms with Crippen molar-refractivity contribution in [1.82, 2.24) is 5.32 Å². The predicted molar refractivity (Wildman–Crippen MR) is 63.3 cm³/mol. The molecule has 1 unspecified atom stereocenters. The average Bonchev–Trinajstić information content (AvgIpc) is 2.95. The Morgan fingerprint density at radius 1 is 1.33 bits per heavy atom. The number of morpholine rings is 1. The number of rotatable bonds is 1. The van der Waals surface area contributed by atoms with Crippen LogP contribution in [0.15, 0.2) is 35.5 Å². The number of ether oxygens (including phenoxy) is 1. The molecule has 0 aromatic heterocycles. The van der Waals surface area contributed by atoms with Crippen LogP contribution in [0.2, 0.25) is 0 Å². The lowest BCUT2D eigenvalue weighted by molar-refractivity contribution is 0.0432. The molecular weight excluding hydrogens is 210 g/mol. The number of hydrogen-bond acceptors (Lipinski definition) is 2. The van der Waals surface area contributed by atoms with Gasteiger partial charge in [0.05, 0.1) is 12.7 Å². The fourth-order valence-electron chi connectivity index (χ4n) is 1.73. The minimum absolute atomic E-state index is 0.241. The average molecular weight is 226 g/mol. The van der Waals surface area contributed by atoms with E-state index in [0.29, 0.717) is 5.88 Å². The molecule has 3 heteroatoms. The van der Waals surface area contributed by atoms with Gasteiger partial charge in [0, 0.05) is 19.0 Å². The quantitative estimate of drug-likeness (QED) is 0.690. The van der Waals surface area contributed by atoms with Crippen LogP contribution in [0.25, 0.3) is 0 Å². The normalized spacial score (nSPS) is 26.9. The molecule has 0 saturated carbocycles. The number of hydrogen-bond donors (Lipinski definition) is 1. The number of halogens is 1. The topological polar surface area (TPSA) is 21.3 Å². The molecule has 2 nitrogen and oxygen atoms in total. The Kier molecular flexibility index (Phi) is 4.01. The monoisotopic (exact) mass is 225 g/mol. The summed E-state index contributed by atoms with van der Waals surface area (Å²) in [5.74, 6) is 0.604. The van der Waals surface area contributed by atoms with Crippen molar-refractivity contribution >= 4 is 11.6 Å². The van der Waals surface area contributed by atoms with Crippen LogP contribution in [-0.2, 0) is 4.74 Å². The van der Waals surface area contributed by atoms with Gasteiger partial charge in [-0.25, -0.2) is 0 Å². The van der Waals surface area contributed by atoms with Gasteiger partial charge >= 0.3 is 0 Å². The second-order valence-corrected chi connectivity index (χ2v) is 4.15. The summed E-state index contributed by atoms with van der Waals surface area (Å²) in [7, 11) is 0. The number of nitrogens with one attached hydrogen (secondary N) is 1. The highest BCUT2D eigenvalue weighted by atomic mass is 35.5. The first-order valence-electron chi connectivity index (χ1n) is 5.34. The van der Waals surface area contributed by atoms with Crippen molar-refractivity contribution in [3.05, 3.63) is 35.5 Å². The zero-order valence-electron chi connectivity index (χ0n) is 8.71. The molecule has 1 aliphatic heterocycles. The van der Waals surface area contributed by atoms with Gasteiger partial charge in [-0.1, -0.05) is 24.3 Å². The van der Waals surface area contributed by atoms with E-state index in [1.807, 2.05) is 0 Å². The molecule has 3 aliphatic rings. The highest BCUT2D eigenvalue weighted by Crippen LogP contribution is 2.27. The summed E-state index contributed by atoms with van der Waals surface area (Å²) in [5.41, 5.74) is 2.94. The lowest BCUT2D eigenvalue weighted by Crippen LogP contribution is -2.39. The van der Waals surface area contributed by atoms with E-state index in [-0.39, 0.29) is 6.10 Å². The van der Waals surface area contributed by atoms with E-state index < -0.39 is 0 Å². The van der Waals surface area contributed by atoms with Crippen LogP contribution >= 0.6 is 11.6 Å². The van der Waals surface area contributed by atoms with Crippen molar-refractivity contribution in [3.8, 4) is 0 Å². The zero-order valence-corrected chi connectivity index (χ0v) is 9.46. The fraction of sp³-hybridized carbons (Fsp3) is 0.500. The van der Waals surface area contributed by atoms with Crippen molar-refractivity contribution in [1.29, 1.82) is 0 Å². The molecule has 0 radical (unpaired) electrons. The third-order valence-electron chi connectivity index (χ3n) is 2.61. The van der Waals surface area contributed by atoms with E-state index in [2.05, 4.69) is 29.6 Å². The van der Waals surface area contributed by atoms with E-state index in [0.717, 1.165) is 19.7 Å². The Morgan fingerprint density at radius 2 is 2.07 bits per heavy atom. The maximum atomic E-state index is 5.52. The van der Waals surface area contributed by atoms with Crippen LogP contribution in [0.3, 0.4) is 0 Å². The maximum Gasteiger partial charge on any atom is 0.0835 e. The van der Waals surface area contributed by atoms with Gasteiger partial charge in [0.25, 0.3) is 0 Å². The Hall–Kier alpha value is -0.570. The molecular formula is C12H16ClNO. The Labute approximate surface area is 95.6 Å². The van der Waals surface area contributed by atoms with Gasteiger partial charge < -0.3 is 10.1 Å². The van der Waals surface area contributed by atoms with Gasteiger partial charge in [-0.15, -0.1) is 11.6 Å². The molecule has 3 rings (SSSR count). The van der Waals surface area contributed by atoms with Crippen molar-refractivity contribution in [2.45, 2.75) is 12.5 Å². The summed E-state index contributed by atoms with van der Waals surface area (Å²) < 4.78 is 5.23. The number of allylic oxidation sites excluding steroid dienone is 6. The SMILES string of the molecule is C1=CC2=CC=C1C2.ClCC1CNCCO1. The first-order chi connectivity index (χ1) is 7.38. The maximum absolute atomic E-state index is 5.52. The summed E-state index contributed by atoms with van der Waals surface area (Å²) in [5, 5.41) is 3.18. The van der Waals surface area contributed by atoms with Crippen molar-refractivity contribution < 1.29 is 4.74 Å². The van der Waals surface area contributed by atoms with E-state index in [9.17, 15) is 0 Å². The van der Waals surface area contributed by atoms with E-state index in [1.165, 1.54) is 17.6 Å². The standard InChI is InChI=1S/C7H6.C5H10ClNO/c1-2-7-4-3-6(1)5-7;6-3-5-4-7-1-2-8-5/h1-4H,5H2;5,7H,1-4H2. The Balaban J connectivity index is 0.000000114.